The van der Waals surface area contributed by atoms with Gasteiger partial charge in [0.1, 0.15) is 0 Å². The number of rotatable bonds is 0. The molecule has 0 heterocycles. The van der Waals surface area contributed by atoms with Crippen LogP contribution < -0.4 is 0 Å². The molecule has 3 aliphatic rings. The molecule has 0 fully saturated rings. The van der Waals surface area contributed by atoms with Gasteiger partial charge in [0.05, 0.1) is 9.75 Å². The van der Waals surface area contributed by atoms with E-state index in [9.17, 15) is 0 Å². The average molecular weight is 175 g/mol. The minimum Gasteiger partial charge on any atom is -0.110 e. The molecular formula is C8H8Cl2. The summed E-state index contributed by atoms with van der Waals surface area (Å²) in [7, 11) is 0. The standard InChI is InChI=1S/C8H8Cl2/c9-7-1-2-8(10,5-3-7)6-4-7/h1-3,5H,4,6H2. The van der Waals surface area contributed by atoms with E-state index in [0.717, 1.165) is 12.8 Å². The van der Waals surface area contributed by atoms with E-state index < -0.39 is 0 Å². The fraction of sp³-hybridized carbons (Fsp3) is 0.500. The quantitative estimate of drug-likeness (QED) is 0.392. The monoisotopic (exact) mass is 174 g/mol. The minimum atomic E-state index is -0.212. The Morgan fingerprint density at radius 1 is 0.800 bits per heavy atom. The van der Waals surface area contributed by atoms with Crippen LogP contribution in [0.3, 0.4) is 0 Å². The second-order valence-corrected chi connectivity index (χ2v) is 4.43. The molecule has 0 saturated heterocycles. The Morgan fingerprint density at radius 2 is 1.10 bits per heavy atom. The van der Waals surface area contributed by atoms with Gasteiger partial charge in [-0.2, -0.15) is 0 Å². The molecule has 0 radical (unpaired) electrons. The molecule has 0 atom stereocenters. The predicted molar refractivity (Wildman–Crippen MR) is 44.7 cm³/mol. The largest absolute Gasteiger partial charge is 0.110 e. The molecule has 0 unspecified atom stereocenters. The van der Waals surface area contributed by atoms with Crippen molar-refractivity contribution in [1.82, 2.24) is 0 Å². The first-order valence-corrected chi connectivity index (χ1v) is 4.16. The number of alkyl halides is 2. The third kappa shape index (κ3) is 0.906. The summed E-state index contributed by atoms with van der Waals surface area (Å²) in [6, 6.07) is 0. The Morgan fingerprint density at radius 3 is 1.30 bits per heavy atom. The van der Waals surface area contributed by atoms with Crippen molar-refractivity contribution >= 4 is 23.2 Å². The fourth-order valence-electron chi connectivity index (χ4n) is 1.38. The molecule has 0 amide bonds. The lowest BCUT2D eigenvalue weighted by Crippen LogP contribution is -2.33. The number of fused-ring (bicyclic) bond motifs is 1. The fourth-order valence-corrected chi connectivity index (χ4v) is 1.82. The third-order valence-corrected chi connectivity index (χ3v) is 3.05. The second-order valence-electron chi connectivity index (χ2n) is 3.02. The van der Waals surface area contributed by atoms with Crippen LogP contribution in [0.25, 0.3) is 0 Å². The molecule has 3 aliphatic carbocycles. The van der Waals surface area contributed by atoms with Gasteiger partial charge in [-0.1, -0.05) is 24.3 Å². The van der Waals surface area contributed by atoms with Crippen molar-refractivity contribution < 1.29 is 0 Å². The number of hydrogen-bond donors (Lipinski definition) is 0. The van der Waals surface area contributed by atoms with Crippen LogP contribution in [0.1, 0.15) is 12.8 Å². The van der Waals surface area contributed by atoms with E-state index in [0.29, 0.717) is 0 Å². The summed E-state index contributed by atoms with van der Waals surface area (Å²) >= 11 is 12.3. The average Bonchev–Trinajstić information content (AvgIpc) is 1.93. The summed E-state index contributed by atoms with van der Waals surface area (Å²) < 4.78 is 0. The summed E-state index contributed by atoms with van der Waals surface area (Å²) in [6.07, 6.45) is 9.89. The van der Waals surface area contributed by atoms with E-state index in [2.05, 4.69) is 0 Å². The SMILES string of the molecule is ClC12C=CC(Cl)(C=C1)CC2. The van der Waals surface area contributed by atoms with Gasteiger partial charge in [0.2, 0.25) is 0 Å². The van der Waals surface area contributed by atoms with E-state index in [1.165, 1.54) is 0 Å². The van der Waals surface area contributed by atoms with Crippen molar-refractivity contribution in [2.75, 3.05) is 0 Å². The highest BCUT2D eigenvalue weighted by Crippen LogP contribution is 2.43. The lowest BCUT2D eigenvalue weighted by atomic mass is 9.81. The summed E-state index contributed by atoms with van der Waals surface area (Å²) in [5, 5.41) is 0. The van der Waals surface area contributed by atoms with E-state index in [1.54, 1.807) is 0 Å². The van der Waals surface area contributed by atoms with Gasteiger partial charge in [-0.05, 0) is 12.8 Å². The zero-order valence-corrected chi connectivity index (χ0v) is 6.99. The van der Waals surface area contributed by atoms with E-state index in [4.69, 9.17) is 23.2 Å². The molecule has 2 bridgehead atoms. The van der Waals surface area contributed by atoms with Crippen LogP contribution in [0.5, 0.6) is 0 Å². The number of hydrogen-bond acceptors (Lipinski definition) is 0. The first-order valence-electron chi connectivity index (χ1n) is 3.41. The van der Waals surface area contributed by atoms with Crippen molar-refractivity contribution in [3.05, 3.63) is 24.3 Å². The maximum absolute atomic E-state index is 6.13. The molecule has 0 spiro atoms. The highest BCUT2D eigenvalue weighted by atomic mass is 35.5. The molecular weight excluding hydrogens is 167 g/mol. The van der Waals surface area contributed by atoms with Crippen LogP contribution in [0.15, 0.2) is 24.3 Å². The lowest BCUT2D eigenvalue weighted by molar-refractivity contribution is 0.573. The smallest absolute Gasteiger partial charge is 0.0808 e. The van der Waals surface area contributed by atoms with Crippen molar-refractivity contribution in [3.63, 3.8) is 0 Å². The zero-order valence-electron chi connectivity index (χ0n) is 5.48. The summed E-state index contributed by atoms with van der Waals surface area (Å²) in [6.45, 7) is 0. The van der Waals surface area contributed by atoms with E-state index >= 15 is 0 Å². The van der Waals surface area contributed by atoms with E-state index in [1.807, 2.05) is 24.3 Å². The minimum absolute atomic E-state index is 0.212. The van der Waals surface area contributed by atoms with Crippen LogP contribution >= 0.6 is 23.2 Å². The maximum Gasteiger partial charge on any atom is 0.0808 e. The zero-order chi connectivity index (χ0) is 7.24. The van der Waals surface area contributed by atoms with Gasteiger partial charge in [0, 0.05) is 0 Å². The Labute approximate surface area is 70.5 Å². The van der Waals surface area contributed by atoms with Crippen LogP contribution in [0, 0.1) is 0 Å². The first-order chi connectivity index (χ1) is 4.62. The van der Waals surface area contributed by atoms with E-state index in [-0.39, 0.29) is 9.75 Å². The Bertz CT molecular complexity index is 179. The first kappa shape index (κ1) is 6.75. The topological polar surface area (TPSA) is 0 Å². The summed E-state index contributed by atoms with van der Waals surface area (Å²) in [5.41, 5.74) is 0. The van der Waals surface area contributed by atoms with Crippen LogP contribution in [0.2, 0.25) is 0 Å². The molecule has 0 nitrogen and oxygen atoms in total. The molecule has 54 valence electrons. The highest BCUT2D eigenvalue weighted by molar-refractivity contribution is 6.30. The van der Waals surface area contributed by atoms with Crippen LogP contribution in [0.4, 0.5) is 0 Å². The molecule has 10 heavy (non-hydrogen) atoms. The van der Waals surface area contributed by atoms with Gasteiger partial charge in [0.15, 0.2) is 0 Å². The van der Waals surface area contributed by atoms with Gasteiger partial charge in [-0.3, -0.25) is 0 Å². The number of allylic oxidation sites excluding steroid dienone is 4. The van der Waals surface area contributed by atoms with Gasteiger partial charge in [-0.15, -0.1) is 23.2 Å². The van der Waals surface area contributed by atoms with Gasteiger partial charge >= 0.3 is 0 Å². The van der Waals surface area contributed by atoms with Gasteiger partial charge < -0.3 is 0 Å². The molecule has 0 aromatic rings. The summed E-state index contributed by atoms with van der Waals surface area (Å²) in [5.74, 6) is 0. The Kier molecular flexibility index (Phi) is 1.22. The molecule has 0 aliphatic heterocycles. The lowest BCUT2D eigenvalue weighted by Gasteiger charge is -2.36. The predicted octanol–water partition coefficient (Wildman–Crippen LogP) is 2.86. The van der Waals surface area contributed by atoms with Crippen LogP contribution in [-0.2, 0) is 0 Å². The van der Waals surface area contributed by atoms with Crippen molar-refractivity contribution in [2.24, 2.45) is 0 Å². The summed E-state index contributed by atoms with van der Waals surface area (Å²) in [4.78, 5) is -0.423. The molecule has 2 heteroatoms. The van der Waals surface area contributed by atoms with Crippen molar-refractivity contribution in [1.29, 1.82) is 0 Å². The maximum atomic E-state index is 6.13. The molecule has 0 saturated carbocycles. The van der Waals surface area contributed by atoms with Crippen molar-refractivity contribution in [3.8, 4) is 0 Å². The van der Waals surface area contributed by atoms with Gasteiger partial charge in [0.25, 0.3) is 0 Å². The number of halogens is 2. The van der Waals surface area contributed by atoms with Crippen LogP contribution in [-0.4, -0.2) is 9.75 Å². The highest BCUT2D eigenvalue weighted by Gasteiger charge is 2.37. The molecule has 3 rings (SSSR count). The Balaban J connectivity index is 2.42. The Hall–Kier alpha value is 0.0600. The normalized spacial score (nSPS) is 50.2. The second kappa shape index (κ2) is 1.80. The molecule has 0 aromatic carbocycles. The third-order valence-electron chi connectivity index (χ3n) is 2.17. The molecule has 0 aromatic heterocycles. The molecule has 0 N–H and O–H groups in total. The van der Waals surface area contributed by atoms with Crippen molar-refractivity contribution in [2.45, 2.75) is 22.6 Å². The van der Waals surface area contributed by atoms with Gasteiger partial charge in [-0.25, -0.2) is 0 Å².